The van der Waals surface area contributed by atoms with Crippen molar-refractivity contribution in [2.75, 3.05) is 26.5 Å². The molecule has 3 rings (SSSR count). The Morgan fingerprint density at radius 1 is 1.29 bits per heavy atom. The maximum Gasteiger partial charge on any atom is 0.246 e. The number of benzene rings is 1. The van der Waals surface area contributed by atoms with Crippen molar-refractivity contribution in [3.63, 3.8) is 0 Å². The van der Waals surface area contributed by atoms with E-state index in [-0.39, 0.29) is 19.3 Å². The molecule has 0 atom stereocenters. The van der Waals surface area contributed by atoms with Crippen molar-refractivity contribution < 1.29 is 19.4 Å². The molecule has 2 aliphatic heterocycles. The summed E-state index contributed by atoms with van der Waals surface area (Å²) >= 11 is 0. The Bertz CT molecular complexity index is 547. The van der Waals surface area contributed by atoms with Crippen molar-refractivity contribution in [3.8, 4) is 11.5 Å². The van der Waals surface area contributed by atoms with Gasteiger partial charge in [0.2, 0.25) is 12.7 Å². The van der Waals surface area contributed by atoms with Gasteiger partial charge in [-0.2, -0.15) is 0 Å². The first-order valence-electron chi connectivity index (χ1n) is 7.24. The molecule has 1 fully saturated rings. The molecule has 1 aromatic carbocycles. The molecule has 112 valence electrons. The summed E-state index contributed by atoms with van der Waals surface area (Å²) in [6, 6.07) is 5.61. The number of aliphatic hydroxyl groups is 1. The number of carbonyl (C=O) groups excluding carboxylic acids is 1. The minimum atomic E-state index is 0.0176. The summed E-state index contributed by atoms with van der Waals surface area (Å²) in [6.07, 6.45) is 5.14. The largest absolute Gasteiger partial charge is 0.454 e. The fourth-order valence-electron chi connectivity index (χ4n) is 2.63. The highest BCUT2D eigenvalue weighted by molar-refractivity contribution is 5.91. The molecule has 0 spiro atoms. The Balaban J connectivity index is 1.59. The molecule has 5 heteroatoms. The Kier molecular flexibility index (Phi) is 4.10. The molecule has 0 radical (unpaired) electrons. The number of hydrogen-bond acceptors (Lipinski definition) is 4. The second-order valence-electron chi connectivity index (χ2n) is 5.40. The zero-order valence-corrected chi connectivity index (χ0v) is 11.8. The van der Waals surface area contributed by atoms with Crippen LogP contribution in [0.15, 0.2) is 24.3 Å². The lowest BCUT2D eigenvalue weighted by Gasteiger charge is -2.30. The van der Waals surface area contributed by atoms with Crippen LogP contribution in [0.25, 0.3) is 6.08 Å². The molecule has 0 aromatic heterocycles. The zero-order valence-electron chi connectivity index (χ0n) is 11.8. The number of carbonyl (C=O) groups is 1. The first kappa shape index (κ1) is 13.9. The standard InChI is InChI=1S/C16H19NO4/c18-10-13-5-7-17(8-6-13)16(19)4-2-12-1-3-14-15(9-12)21-11-20-14/h1-4,9,13,18H,5-8,10-11H2/b4-2+. The molecular formula is C16H19NO4. The summed E-state index contributed by atoms with van der Waals surface area (Å²) in [7, 11) is 0. The predicted octanol–water partition coefficient (Wildman–Crippen LogP) is 1.66. The van der Waals surface area contributed by atoms with Gasteiger partial charge in [-0.05, 0) is 42.5 Å². The second-order valence-corrected chi connectivity index (χ2v) is 5.40. The Morgan fingerprint density at radius 3 is 2.81 bits per heavy atom. The van der Waals surface area contributed by atoms with E-state index in [1.165, 1.54) is 0 Å². The highest BCUT2D eigenvalue weighted by Gasteiger charge is 2.20. The van der Waals surface area contributed by atoms with Crippen LogP contribution in [0, 0.1) is 5.92 Å². The molecule has 0 saturated carbocycles. The number of fused-ring (bicyclic) bond motifs is 1. The third kappa shape index (κ3) is 3.19. The van der Waals surface area contributed by atoms with Gasteiger partial charge in [0.25, 0.3) is 0 Å². The first-order chi connectivity index (χ1) is 10.3. The zero-order chi connectivity index (χ0) is 14.7. The van der Waals surface area contributed by atoms with Gasteiger partial charge < -0.3 is 19.5 Å². The molecule has 0 unspecified atom stereocenters. The lowest BCUT2D eigenvalue weighted by Crippen LogP contribution is -2.38. The van der Waals surface area contributed by atoms with Crippen LogP contribution in [0.5, 0.6) is 11.5 Å². The minimum absolute atomic E-state index is 0.0176. The smallest absolute Gasteiger partial charge is 0.246 e. The number of amides is 1. The van der Waals surface area contributed by atoms with E-state index in [0.717, 1.165) is 37.2 Å². The molecule has 1 saturated heterocycles. The fraction of sp³-hybridized carbons (Fsp3) is 0.438. The van der Waals surface area contributed by atoms with Gasteiger partial charge in [0.15, 0.2) is 11.5 Å². The van der Waals surface area contributed by atoms with Crippen LogP contribution in [-0.4, -0.2) is 42.4 Å². The number of ether oxygens (including phenoxy) is 2. The van der Waals surface area contributed by atoms with Gasteiger partial charge in [0.1, 0.15) is 0 Å². The van der Waals surface area contributed by atoms with E-state index in [9.17, 15) is 4.79 Å². The Hall–Kier alpha value is -2.01. The van der Waals surface area contributed by atoms with Crippen molar-refractivity contribution in [2.24, 2.45) is 5.92 Å². The number of nitrogens with zero attached hydrogens (tertiary/aromatic N) is 1. The second kappa shape index (κ2) is 6.18. The van der Waals surface area contributed by atoms with Gasteiger partial charge in [0, 0.05) is 25.8 Å². The van der Waals surface area contributed by atoms with Crippen molar-refractivity contribution in [3.05, 3.63) is 29.8 Å². The van der Waals surface area contributed by atoms with Crippen LogP contribution in [0.3, 0.4) is 0 Å². The molecule has 5 nitrogen and oxygen atoms in total. The van der Waals surface area contributed by atoms with Crippen LogP contribution < -0.4 is 9.47 Å². The Morgan fingerprint density at radius 2 is 2.05 bits per heavy atom. The van der Waals surface area contributed by atoms with Crippen LogP contribution in [0.1, 0.15) is 18.4 Å². The Labute approximate surface area is 123 Å². The molecule has 21 heavy (non-hydrogen) atoms. The molecule has 1 N–H and O–H groups in total. The van der Waals surface area contributed by atoms with Crippen LogP contribution in [0.4, 0.5) is 0 Å². The van der Waals surface area contributed by atoms with Crippen LogP contribution in [0.2, 0.25) is 0 Å². The predicted molar refractivity (Wildman–Crippen MR) is 78.0 cm³/mol. The fourth-order valence-corrected chi connectivity index (χ4v) is 2.63. The summed E-state index contributed by atoms with van der Waals surface area (Å²) in [5.41, 5.74) is 0.915. The maximum atomic E-state index is 12.1. The van der Waals surface area contributed by atoms with E-state index in [1.807, 2.05) is 23.1 Å². The number of aliphatic hydroxyl groups excluding tert-OH is 1. The average molecular weight is 289 g/mol. The van der Waals surface area contributed by atoms with Crippen molar-refractivity contribution >= 4 is 12.0 Å². The van der Waals surface area contributed by atoms with E-state index in [2.05, 4.69) is 0 Å². The quantitative estimate of drug-likeness (QED) is 0.860. The number of rotatable bonds is 3. The molecule has 1 amide bonds. The van der Waals surface area contributed by atoms with Gasteiger partial charge in [-0.3, -0.25) is 4.79 Å². The SMILES string of the molecule is O=C(/C=C/c1ccc2c(c1)OCO2)N1CCC(CO)CC1. The van der Waals surface area contributed by atoms with Gasteiger partial charge in [0.05, 0.1) is 0 Å². The minimum Gasteiger partial charge on any atom is -0.454 e. The number of hydrogen-bond donors (Lipinski definition) is 1. The highest BCUT2D eigenvalue weighted by atomic mass is 16.7. The van der Waals surface area contributed by atoms with Gasteiger partial charge in [-0.25, -0.2) is 0 Å². The van der Waals surface area contributed by atoms with Crippen molar-refractivity contribution in [1.29, 1.82) is 0 Å². The van der Waals surface area contributed by atoms with E-state index in [0.29, 0.717) is 11.7 Å². The topological polar surface area (TPSA) is 59.0 Å². The average Bonchev–Trinajstić information content (AvgIpc) is 3.00. The van der Waals surface area contributed by atoms with E-state index < -0.39 is 0 Å². The van der Waals surface area contributed by atoms with E-state index in [4.69, 9.17) is 14.6 Å². The molecule has 1 aromatic rings. The molecule has 0 aliphatic carbocycles. The van der Waals surface area contributed by atoms with E-state index >= 15 is 0 Å². The van der Waals surface area contributed by atoms with Crippen LogP contribution >= 0.6 is 0 Å². The lowest BCUT2D eigenvalue weighted by molar-refractivity contribution is -0.127. The monoisotopic (exact) mass is 289 g/mol. The summed E-state index contributed by atoms with van der Waals surface area (Å²) in [6.45, 7) is 1.90. The van der Waals surface area contributed by atoms with Gasteiger partial charge in [-0.15, -0.1) is 0 Å². The van der Waals surface area contributed by atoms with Crippen LogP contribution in [-0.2, 0) is 4.79 Å². The lowest BCUT2D eigenvalue weighted by atomic mass is 9.98. The normalized spacial score (nSPS) is 18.4. The molecule has 2 heterocycles. The van der Waals surface area contributed by atoms with Gasteiger partial charge >= 0.3 is 0 Å². The van der Waals surface area contributed by atoms with Gasteiger partial charge in [-0.1, -0.05) is 6.07 Å². The summed E-state index contributed by atoms with van der Waals surface area (Å²) in [5, 5.41) is 9.11. The molecule has 2 aliphatic rings. The highest BCUT2D eigenvalue weighted by Crippen LogP contribution is 2.32. The summed E-state index contributed by atoms with van der Waals surface area (Å²) in [4.78, 5) is 13.9. The summed E-state index contributed by atoms with van der Waals surface area (Å²) < 4.78 is 10.6. The third-order valence-corrected chi connectivity index (χ3v) is 4.00. The number of piperidine rings is 1. The molecule has 0 bridgehead atoms. The third-order valence-electron chi connectivity index (χ3n) is 4.00. The maximum absolute atomic E-state index is 12.1. The first-order valence-corrected chi connectivity index (χ1v) is 7.24. The van der Waals surface area contributed by atoms with Crippen molar-refractivity contribution in [1.82, 2.24) is 4.90 Å². The van der Waals surface area contributed by atoms with Crippen molar-refractivity contribution in [2.45, 2.75) is 12.8 Å². The number of likely N-dealkylation sites (tertiary alicyclic amines) is 1. The molecular weight excluding hydrogens is 270 g/mol. The summed E-state index contributed by atoms with van der Waals surface area (Å²) in [5.74, 6) is 1.81. The van der Waals surface area contributed by atoms with E-state index in [1.54, 1.807) is 12.2 Å².